The summed E-state index contributed by atoms with van der Waals surface area (Å²) in [5, 5.41) is 7.54. The van der Waals surface area contributed by atoms with Gasteiger partial charge in [-0.25, -0.2) is 4.98 Å². The third-order valence-electron chi connectivity index (χ3n) is 9.49. The number of hydrogen-bond acceptors (Lipinski definition) is 4. The van der Waals surface area contributed by atoms with Crippen molar-refractivity contribution in [2.24, 2.45) is 11.1 Å². The van der Waals surface area contributed by atoms with E-state index in [-0.39, 0.29) is 11.8 Å². The van der Waals surface area contributed by atoms with Crippen LogP contribution in [-0.4, -0.2) is 15.5 Å². The van der Waals surface area contributed by atoms with Gasteiger partial charge in [-0.3, -0.25) is 4.79 Å². The van der Waals surface area contributed by atoms with Gasteiger partial charge in [0.05, 0.1) is 5.92 Å². The number of aryl methyl sites for hydroxylation is 3. The fourth-order valence-electron chi connectivity index (χ4n) is 7.41. The molecule has 1 fully saturated rings. The Morgan fingerprint density at radius 1 is 0.929 bits per heavy atom. The number of amides is 1. The summed E-state index contributed by atoms with van der Waals surface area (Å²) in [4.78, 5) is 29.6. The highest BCUT2D eigenvalue weighted by Crippen LogP contribution is 2.37. The zero-order chi connectivity index (χ0) is 29.1. The highest BCUT2D eigenvalue weighted by Gasteiger charge is 2.30. The maximum Gasteiger partial charge on any atom is 0.228 e. The van der Waals surface area contributed by atoms with Gasteiger partial charge >= 0.3 is 0 Å². The van der Waals surface area contributed by atoms with Crippen LogP contribution in [0.4, 0.5) is 5.69 Å². The van der Waals surface area contributed by atoms with Crippen LogP contribution < -0.4 is 5.32 Å². The molecule has 0 saturated heterocycles. The molecule has 2 aromatic carbocycles. The molecule has 0 spiro atoms. The van der Waals surface area contributed by atoms with Gasteiger partial charge in [0.15, 0.2) is 0 Å². The number of hydrogen-bond donors (Lipinski definition) is 1. The number of pyridine rings is 1. The SMILES string of the molecule is Cc1cc(C)c2c3c(n(Cc4ccc(C(C(=O)NCc5ccc(N=O)cc5)C5CCCCCC5)cc4)c2n1)CCCC3. The number of benzene rings is 2. The lowest BCUT2D eigenvalue weighted by Crippen LogP contribution is -2.33. The summed E-state index contributed by atoms with van der Waals surface area (Å²) in [6, 6.07) is 18.1. The first-order valence-electron chi connectivity index (χ1n) is 15.8. The Morgan fingerprint density at radius 2 is 1.62 bits per heavy atom. The number of rotatable bonds is 8. The Hall–Kier alpha value is -3.80. The molecule has 0 aliphatic heterocycles. The summed E-state index contributed by atoms with van der Waals surface area (Å²) < 4.78 is 2.46. The van der Waals surface area contributed by atoms with Gasteiger partial charge in [-0.2, -0.15) is 0 Å². The van der Waals surface area contributed by atoms with Gasteiger partial charge in [-0.05, 0) is 109 Å². The third-order valence-corrected chi connectivity index (χ3v) is 9.49. The van der Waals surface area contributed by atoms with Crippen molar-refractivity contribution >= 4 is 22.6 Å². The number of carbonyl (C=O) groups is 1. The molecule has 2 aliphatic carbocycles. The first-order chi connectivity index (χ1) is 20.5. The average Bonchev–Trinajstić information content (AvgIpc) is 3.13. The van der Waals surface area contributed by atoms with Gasteiger partial charge in [0.2, 0.25) is 5.91 Å². The van der Waals surface area contributed by atoms with Crippen molar-refractivity contribution < 1.29 is 4.79 Å². The summed E-state index contributed by atoms with van der Waals surface area (Å²) >= 11 is 0. The first-order valence-corrected chi connectivity index (χ1v) is 15.8. The summed E-state index contributed by atoms with van der Waals surface area (Å²) in [6.07, 6.45) is 11.8. The predicted octanol–water partition coefficient (Wildman–Crippen LogP) is 8.35. The zero-order valence-corrected chi connectivity index (χ0v) is 25.0. The standard InChI is InChI=1S/C36H42N4O2/c1-24-21-25(2)38-35-33(24)31-11-7-8-12-32(31)40(35)23-27-13-17-29(18-14-27)34(28-9-5-3-4-6-10-28)36(41)37-22-26-15-19-30(39-42)20-16-26/h13-21,28,34H,3-12,22-23H2,1-2H3,(H,37,41). The van der Waals surface area contributed by atoms with Crippen LogP contribution in [0.15, 0.2) is 59.8 Å². The minimum Gasteiger partial charge on any atom is -0.351 e. The number of nitroso groups, excluding NO2 is 1. The molecular weight excluding hydrogens is 520 g/mol. The van der Waals surface area contributed by atoms with Gasteiger partial charge in [0.1, 0.15) is 11.3 Å². The normalized spacial score (nSPS) is 16.5. The summed E-state index contributed by atoms with van der Waals surface area (Å²) in [5.74, 6) is 0.267. The molecule has 218 valence electrons. The van der Waals surface area contributed by atoms with Crippen LogP contribution in [0.2, 0.25) is 0 Å². The summed E-state index contributed by atoms with van der Waals surface area (Å²) in [6.45, 7) is 5.56. The van der Waals surface area contributed by atoms with Crippen molar-refractivity contribution in [1.82, 2.24) is 14.9 Å². The molecule has 42 heavy (non-hydrogen) atoms. The Morgan fingerprint density at radius 3 is 2.33 bits per heavy atom. The van der Waals surface area contributed by atoms with E-state index in [1.807, 2.05) is 12.1 Å². The molecule has 1 N–H and O–H groups in total. The minimum atomic E-state index is -0.166. The molecule has 1 saturated carbocycles. The second kappa shape index (κ2) is 12.6. The van der Waals surface area contributed by atoms with E-state index < -0.39 is 0 Å². The van der Waals surface area contributed by atoms with E-state index in [1.165, 1.54) is 66.3 Å². The molecule has 2 aliphatic rings. The van der Waals surface area contributed by atoms with Gasteiger partial charge in [-0.15, -0.1) is 4.91 Å². The topological polar surface area (TPSA) is 76.3 Å². The lowest BCUT2D eigenvalue weighted by molar-refractivity contribution is -0.124. The lowest BCUT2D eigenvalue weighted by atomic mass is 9.80. The quantitative estimate of drug-likeness (QED) is 0.173. The number of fused-ring (bicyclic) bond motifs is 3. The zero-order valence-electron chi connectivity index (χ0n) is 25.0. The van der Waals surface area contributed by atoms with Crippen LogP contribution >= 0.6 is 0 Å². The molecule has 6 nitrogen and oxygen atoms in total. The Kier molecular flexibility index (Phi) is 8.50. The molecule has 0 bridgehead atoms. The largest absolute Gasteiger partial charge is 0.351 e. The van der Waals surface area contributed by atoms with Crippen LogP contribution in [0, 0.1) is 24.7 Å². The maximum absolute atomic E-state index is 13.8. The monoisotopic (exact) mass is 562 g/mol. The fourth-order valence-corrected chi connectivity index (χ4v) is 7.41. The number of carbonyl (C=O) groups excluding carboxylic acids is 1. The fraction of sp³-hybridized carbons (Fsp3) is 0.444. The molecule has 0 radical (unpaired) electrons. The van der Waals surface area contributed by atoms with Crippen molar-refractivity contribution in [2.75, 3.05) is 0 Å². The van der Waals surface area contributed by atoms with Gasteiger partial charge in [0.25, 0.3) is 0 Å². The molecule has 1 unspecified atom stereocenters. The van der Waals surface area contributed by atoms with Gasteiger partial charge in [-0.1, -0.05) is 62.1 Å². The molecule has 4 aromatic rings. The summed E-state index contributed by atoms with van der Waals surface area (Å²) in [5.41, 5.74) is 10.2. The van der Waals surface area contributed by atoms with Gasteiger partial charge in [0, 0.05) is 29.9 Å². The predicted molar refractivity (Wildman–Crippen MR) is 169 cm³/mol. The van der Waals surface area contributed by atoms with E-state index in [1.54, 1.807) is 12.1 Å². The molecule has 6 rings (SSSR count). The van der Waals surface area contributed by atoms with E-state index in [9.17, 15) is 9.70 Å². The number of nitrogens with zero attached hydrogens (tertiary/aromatic N) is 3. The van der Waals surface area contributed by atoms with Crippen LogP contribution in [-0.2, 0) is 30.7 Å². The number of nitrogens with one attached hydrogen (secondary N) is 1. The van der Waals surface area contributed by atoms with Crippen LogP contribution in [0.1, 0.15) is 96.5 Å². The van der Waals surface area contributed by atoms with Crippen molar-refractivity contribution in [3.8, 4) is 0 Å². The second-order valence-corrected chi connectivity index (χ2v) is 12.4. The summed E-state index contributed by atoms with van der Waals surface area (Å²) in [7, 11) is 0. The molecular formula is C36H42N4O2. The van der Waals surface area contributed by atoms with Crippen molar-refractivity contribution in [3.05, 3.63) is 98.7 Å². The molecule has 1 atom stereocenters. The smallest absolute Gasteiger partial charge is 0.228 e. The number of aromatic nitrogens is 2. The van der Waals surface area contributed by atoms with Crippen molar-refractivity contribution in [3.63, 3.8) is 0 Å². The van der Waals surface area contributed by atoms with E-state index in [0.29, 0.717) is 18.2 Å². The lowest BCUT2D eigenvalue weighted by Gasteiger charge is -2.26. The van der Waals surface area contributed by atoms with E-state index in [0.717, 1.165) is 54.7 Å². The minimum absolute atomic E-state index is 0.0906. The van der Waals surface area contributed by atoms with E-state index in [2.05, 4.69) is 59.2 Å². The Bertz CT molecular complexity index is 1560. The van der Waals surface area contributed by atoms with E-state index in [4.69, 9.17) is 4.98 Å². The first kappa shape index (κ1) is 28.3. The van der Waals surface area contributed by atoms with Gasteiger partial charge < -0.3 is 9.88 Å². The maximum atomic E-state index is 13.8. The Labute approximate surface area is 248 Å². The van der Waals surface area contributed by atoms with Crippen molar-refractivity contribution in [2.45, 2.75) is 97.1 Å². The molecule has 1 amide bonds. The average molecular weight is 563 g/mol. The van der Waals surface area contributed by atoms with Crippen LogP contribution in [0.3, 0.4) is 0 Å². The molecule has 2 heterocycles. The van der Waals surface area contributed by atoms with Crippen LogP contribution in [0.5, 0.6) is 0 Å². The highest BCUT2D eigenvalue weighted by molar-refractivity contribution is 5.86. The van der Waals surface area contributed by atoms with Crippen LogP contribution in [0.25, 0.3) is 11.0 Å². The highest BCUT2D eigenvalue weighted by atomic mass is 16.3. The molecule has 2 aromatic heterocycles. The third kappa shape index (κ3) is 5.90. The van der Waals surface area contributed by atoms with E-state index >= 15 is 0 Å². The molecule has 6 heteroatoms. The Balaban J connectivity index is 1.26. The van der Waals surface area contributed by atoms with Crippen molar-refractivity contribution in [1.29, 1.82) is 0 Å². The second-order valence-electron chi connectivity index (χ2n) is 12.4.